The highest BCUT2D eigenvalue weighted by atomic mass is 19.1. The molecule has 24 heavy (non-hydrogen) atoms. The zero-order valence-electron chi connectivity index (χ0n) is 13.8. The van der Waals surface area contributed by atoms with Crippen molar-refractivity contribution in [1.29, 1.82) is 0 Å². The zero-order chi connectivity index (χ0) is 16.9. The van der Waals surface area contributed by atoms with Crippen molar-refractivity contribution in [2.45, 2.75) is 31.7 Å². The lowest BCUT2D eigenvalue weighted by molar-refractivity contribution is -0.132. The summed E-state index contributed by atoms with van der Waals surface area (Å²) in [5.41, 5.74) is 0.385. The minimum atomic E-state index is -0.345. The topological polar surface area (TPSA) is 58.4 Å². The lowest BCUT2D eigenvalue weighted by atomic mass is 10.1. The number of carbonyl (C=O) groups is 1. The largest absolute Gasteiger partial charge is 0.441 e. The van der Waals surface area contributed by atoms with Gasteiger partial charge in [0.05, 0.1) is 11.8 Å². The molecule has 0 radical (unpaired) electrons. The molecule has 128 valence electrons. The monoisotopic (exact) mass is 331 g/mol. The summed E-state index contributed by atoms with van der Waals surface area (Å²) in [4.78, 5) is 18.4. The second-order valence-corrected chi connectivity index (χ2v) is 6.07. The third-order valence-corrected chi connectivity index (χ3v) is 4.43. The first-order valence-electron chi connectivity index (χ1n) is 8.32. The van der Waals surface area contributed by atoms with E-state index in [0.717, 1.165) is 25.9 Å². The van der Waals surface area contributed by atoms with Crippen LogP contribution in [-0.2, 0) is 11.2 Å². The predicted molar refractivity (Wildman–Crippen MR) is 88.9 cm³/mol. The van der Waals surface area contributed by atoms with Gasteiger partial charge in [-0.15, -0.1) is 0 Å². The van der Waals surface area contributed by atoms with Gasteiger partial charge in [0.1, 0.15) is 5.82 Å². The van der Waals surface area contributed by atoms with E-state index < -0.39 is 0 Å². The summed E-state index contributed by atoms with van der Waals surface area (Å²) in [6.45, 7) is 1.56. The Balaban J connectivity index is 1.57. The van der Waals surface area contributed by atoms with Crippen molar-refractivity contribution in [1.82, 2.24) is 15.2 Å². The number of aryl methyl sites for hydroxylation is 1. The van der Waals surface area contributed by atoms with Gasteiger partial charge in [0, 0.05) is 32.0 Å². The summed E-state index contributed by atoms with van der Waals surface area (Å²) >= 11 is 0. The molecule has 6 heteroatoms. The van der Waals surface area contributed by atoms with Crippen molar-refractivity contribution < 1.29 is 13.6 Å². The molecule has 1 saturated heterocycles. The number of hydrogen-bond acceptors (Lipinski definition) is 4. The van der Waals surface area contributed by atoms with E-state index in [0.29, 0.717) is 36.1 Å². The Morgan fingerprint density at radius 1 is 1.46 bits per heavy atom. The van der Waals surface area contributed by atoms with E-state index in [9.17, 15) is 9.18 Å². The molecule has 1 unspecified atom stereocenters. The van der Waals surface area contributed by atoms with Crippen molar-refractivity contribution in [2.75, 3.05) is 20.1 Å². The molecule has 1 fully saturated rings. The second kappa shape index (κ2) is 7.57. The van der Waals surface area contributed by atoms with Crippen LogP contribution < -0.4 is 5.32 Å². The van der Waals surface area contributed by atoms with E-state index >= 15 is 0 Å². The first kappa shape index (κ1) is 16.6. The summed E-state index contributed by atoms with van der Waals surface area (Å²) in [6.07, 6.45) is 4.41. The molecule has 1 atom stereocenters. The summed E-state index contributed by atoms with van der Waals surface area (Å²) in [7, 11) is 1.93. The van der Waals surface area contributed by atoms with Crippen LogP contribution in [0.25, 0.3) is 11.3 Å². The Morgan fingerprint density at radius 3 is 3.08 bits per heavy atom. The number of nitrogens with zero attached hydrogens (tertiary/aromatic N) is 2. The molecule has 2 heterocycles. The average Bonchev–Trinajstić information content (AvgIpc) is 3.09. The number of piperidine rings is 1. The Morgan fingerprint density at radius 2 is 2.29 bits per heavy atom. The smallest absolute Gasteiger partial charge is 0.223 e. The number of aromatic nitrogens is 1. The van der Waals surface area contributed by atoms with Crippen molar-refractivity contribution in [3.63, 3.8) is 0 Å². The van der Waals surface area contributed by atoms with Gasteiger partial charge in [-0.2, -0.15) is 0 Å². The number of amides is 1. The van der Waals surface area contributed by atoms with Crippen LogP contribution in [0.4, 0.5) is 4.39 Å². The number of hydrogen-bond donors (Lipinski definition) is 1. The van der Waals surface area contributed by atoms with Gasteiger partial charge < -0.3 is 14.6 Å². The fourth-order valence-corrected chi connectivity index (χ4v) is 3.02. The molecule has 0 saturated carbocycles. The third kappa shape index (κ3) is 3.82. The van der Waals surface area contributed by atoms with Gasteiger partial charge in [-0.1, -0.05) is 12.1 Å². The molecule has 2 aromatic rings. The molecule has 0 bridgehead atoms. The van der Waals surface area contributed by atoms with Crippen molar-refractivity contribution in [3.8, 4) is 11.3 Å². The molecule has 1 aliphatic heterocycles. The number of likely N-dealkylation sites (tertiary alicyclic amines) is 1. The van der Waals surface area contributed by atoms with Crippen LogP contribution in [0.3, 0.4) is 0 Å². The van der Waals surface area contributed by atoms with Crippen LogP contribution in [0.5, 0.6) is 0 Å². The van der Waals surface area contributed by atoms with Crippen molar-refractivity contribution in [3.05, 3.63) is 42.2 Å². The molecule has 1 aliphatic rings. The van der Waals surface area contributed by atoms with Crippen LogP contribution in [0, 0.1) is 5.82 Å². The standard InChI is InChI=1S/C18H22FN3O2/c1-20-13-5-4-10-22(12-13)18(23)9-8-17-21-11-16(24-17)14-6-2-3-7-15(14)19/h2-3,6-7,11,13,20H,4-5,8-10,12H2,1H3. The maximum Gasteiger partial charge on any atom is 0.223 e. The molecule has 3 rings (SSSR count). The highest BCUT2D eigenvalue weighted by molar-refractivity contribution is 5.76. The lowest BCUT2D eigenvalue weighted by Gasteiger charge is -2.32. The fourth-order valence-electron chi connectivity index (χ4n) is 3.02. The maximum atomic E-state index is 13.8. The van der Waals surface area contributed by atoms with Crippen LogP contribution in [0.2, 0.25) is 0 Å². The van der Waals surface area contributed by atoms with Gasteiger partial charge in [0.25, 0.3) is 0 Å². The molecule has 1 aromatic heterocycles. The molecule has 1 N–H and O–H groups in total. The Kier molecular flexibility index (Phi) is 5.25. The molecular formula is C18H22FN3O2. The van der Waals surface area contributed by atoms with Gasteiger partial charge in [-0.3, -0.25) is 4.79 Å². The van der Waals surface area contributed by atoms with E-state index in [1.54, 1.807) is 18.2 Å². The summed E-state index contributed by atoms with van der Waals surface area (Å²) < 4.78 is 19.4. The van der Waals surface area contributed by atoms with Gasteiger partial charge in [-0.25, -0.2) is 9.37 Å². The average molecular weight is 331 g/mol. The summed E-state index contributed by atoms with van der Waals surface area (Å²) in [5, 5.41) is 3.23. The Hall–Kier alpha value is -2.21. The van der Waals surface area contributed by atoms with Gasteiger partial charge in [0.2, 0.25) is 5.91 Å². The van der Waals surface area contributed by atoms with Gasteiger partial charge >= 0.3 is 0 Å². The van der Waals surface area contributed by atoms with E-state index in [-0.39, 0.29) is 11.7 Å². The second-order valence-electron chi connectivity index (χ2n) is 6.07. The van der Waals surface area contributed by atoms with Crippen LogP contribution in [-0.4, -0.2) is 42.0 Å². The fraction of sp³-hybridized carbons (Fsp3) is 0.444. The van der Waals surface area contributed by atoms with Crippen LogP contribution in [0.1, 0.15) is 25.2 Å². The minimum absolute atomic E-state index is 0.112. The summed E-state index contributed by atoms with van der Waals surface area (Å²) in [5.74, 6) is 0.621. The van der Waals surface area contributed by atoms with Crippen molar-refractivity contribution >= 4 is 5.91 Å². The number of rotatable bonds is 5. The third-order valence-electron chi connectivity index (χ3n) is 4.43. The maximum absolute atomic E-state index is 13.8. The quantitative estimate of drug-likeness (QED) is 0.915. The number of nitrogens with one attached hydrogen (secondary N) is 1. The number of oxazole rings is 1. The van der Waals surface area contributed by atoms with Gasteiger partial charge in [0.15, 0.2) is 11.7 Å². The molecular weight excluding hydrogens is 309 g/mol. The molecule has 0 spiro atoms. The number of carbonyl (C=O) groups excluding carboxylic acids is 1. The highest BCUT2D eigenvalue weighted by Crippen LogP contribution is 2.23. The normalized spacial score (nSPS) is 17.9. The first-order valence-corrected chi connectivity index (χ1v) is 8.32. The zero-order valence-corrected chi connectivity index (χ0v) is 13.8. The molecule has 1 amide bonds. The molecule has 5 nitrogen and oxygen atoms in total. The van der Waals surface area contributed by atoms with E-state index in [1.807, 2.05) is 11.9 Å². The van der Waals surface area contributed by atoms with E-state index in [4.69, 9.17) is 4.42 Å². The Labute approximate surface area is 140 Å². The van der Waals surface area contributed by atoms with Crippen LogP contribution >= 0.6 is 0 Å². The summed E-state index contributed by atoms with van der Waals surface area (Å²) in [6, 6.07) is 6.79. The minimum Gasteiger partial charge on any atom is -0.441 e. The highest BCUT2D eigenvalue weighted by Gasteiger charge is 2.22. The predicted octanol–water partition coefficient (Wildman–Crippen LogP) is 2.62. The number of halogens is 1. The number of benzene rings is 1. The van der Waals surface area contributed by atoms with Crippen molar-refractivity contribution in [2.24, 2.45) is 0 Å². The first-order chi connectivity index (χ1) is 11.7. The van der Waals surface area contributed by atoms with Gasteiger partial charge in [-0.05, 0) is 32.0 Å². The lowest BCUT2D eigenvalue weighted by Crippen LogP contribution is -2.47. The Bertz CT molecular complexity index is 701. The SMILES string of the molecule is CNC1CCCN(C(=O)CCc2ncc(-c3ccccc3F)o2)C1. The molecule has 1 aromatic carbocycles. The van der Waals surface area contributed by atoms with E-state index in [1.165, 1.54) is 12.3 Å². The van der Waals surface area contributed by atoms with Crippen LogP contribution in [0.15, 0.2) is 34.9 Å². The molecule has 0 aliphatic carbocycles. The van der Waals surface area contributed by atoms with E-state index in [2.05, 4.69) is 10.3 Å². The number of likely N-dealkylation sites (N-methyl/N-ethyl adjacent to an activating group) is 1.